The molecule has 0 bridgehead atoms. The third-order valence-electron chi connectivity index (χ3n) is 3.70. The molecular formula is C18H21NO3. The van der Waals surface area contributed by atoms with Crippen LogP contribution >= 0.6 is 0 Å². The number of rotatable bonds is 6. The summed E-state index contributed by atoms with van der Waals surface area (Å²) in [5.41, 5.74) is 1.48. The summed E-state index contributed by atoms with van der Waals surface area (Å²) in [6.07, 6.45) is 0.834. The van der Waals surface area contributed by atoms with Gasteiger partial charge in [0.15, 0.2) is 11.5 Å². The highest BCUT2D eigenvalue weighted by atomic mass is 16.5. The lowest BCUT2D eigenvalue weighted by Crippen LogP contribution is -2.25. The number of phenolic OH excluding ortho intramolecular Hbond substituents is 1. The largest absolute Gasteiger partial charge is 0.504 e. The predicted molar refractivity (Wildman–Crippen MR) is 86.5 cm³/mol. The molecule has 0 fully saturated rings. The van der Waals surface area contributed by atoms with Gasteiger partial charge in [-0.3, -0.25) is 4.79 Å². The van der Waals surface area contributed by atoms with E-state index in [-0.39, 0.29) is 17.2 Å². The van der Waals surface area contributed by atoms with Crippen LogP contribution in [0.5, 0.6) is 11.5 Å². The Bertz CT molecular complexity index is 625. The fourth-order valence-electron chi connectivity index (χ4n) is 2.32. The van der Waals surface area contributed by atoms with Gasteiger partial charge in [-0.05, 0) is 30.0 Å². The maximum atomic E-state index is 12.1. The Morgan fingerprint density at radius 2 is 1.91 bits per heavy atom. The first-order valence-corrected chi connectivity index (χ1v) is 7.32. The van der Waals surface area contributed by atoms with Gasteiger partial charge in [0.25, 0.3) is 5.91 Å². The molecule has 2 N–H and O–H groups in total. The number of nitrogens with one attached hydrogen (secondary N) is 1. The Morgan fingerprint density at radius 3 is 2.59 bits per heavy atom. The molecule has 116 valence electrons. The van der Waals surface area contributed by atoms with E-state index in [1.54, 1.807) is 18.2 Å². The molecule has 1 atom stereocenters. The van der Waals surface area contributed by atoms with E-state index in [0.29, 0.717) is 18.2 Å². The number of benzene rings is 2. The Balaban J connectivity index is 1.91. The van der Waals surface area contributed by atoms with Gasteiger partial charge in [0.1, 0.15) is 0 Å². The maximum Gasteiger partial charge on any atom is 0.255 e. The van der Waals surface area contributed by atoms with Gasteiger partial charge < -0.3 is 15.2 Å². The van der Waals surface area contributed by atoms with Gasteiger partial charge in [-0.2, -0.15) is 0 Å². The van der Waals surface area contributed by atoms with Crippen molar-refractivity contribution in [2.45, 2.75) is 19.3 Å². The van der Waals surface area contributed by atoms with Crippen LogP contribution in [-0.2, 0) is 0 Å². The fourth-order valence-corrected chi connectivity index (χ4v) is 2.32. The summed E-state index contributed by atoms with van der Waals surface area (Å²) in [5.74, 6) is 0.237. The van der Waals surface area contributed by atoms with Gasteiger partial charge in [-0.15, -0.1) is 0 Å². The third-order valence-corrected chi connectivity index (χ3v) is 3.70. The second-order valence-corrected chi connectivity index (χ2v) is 5.21. The molecule has 1 unspecified atom stereocenters. The predicted octanol–water partition coefficient (Wildman–Crippen LogP) is 3.32. The van der Waals surface area contributed by atoms with Crippen LogP contribution in [0.3, 0.4) is 0 Å². The smallest absolute Gasteiger partial charge is 0.255 e. The molecule has 2 aromatic rings. The molecule has 0 aliphatic carbocycles. The average molecular weight is 299 g/mol. The van der Waals surface area contributed by atoms with Crippen molar-refractivity contribution >= 4 is 5.91 Å². The molecular weight excluding hydrogens is 278 g/mol. The van der Waals surface area contributed by atoms with E-state index in [2.05, 4.69) is 24.4 Å². The van der Waals surface area contributed by atoms with Gasteiger partial charge in [-0.1, -0.05) is 43.3 Å². The van der Waals surface area contributed by atoms with Gasteiger partial charge in [0.2, 0.25) is 0 Å². The van der Waals surface area contributed by atoms with Crippen LogP contribution in [0.15, 0.2) is 48.5 Å². The van der Waals surface area contributed by atoms with E-state index in [4.69, 9.17) is 4.74 Å². The van der Waals surface area contributed by atoms with Crippen LogP contribution in [0.1, 0.15) is 35.2 Å². The second-order valence-electron chi connectivity index (χ2n) is 5.21. The molecule has 0 heterocycles. The second kappa shape index (κ2) is 7.50. The van der Waals surface area contributed by atoms with Crippen LogP contribution in [0.4, 0.5) is 0 Å². The van der Waals surface area contributed by atoms with E-state index in [0.717, 1.165) is 6.42 Å². The van der Waals surface area contributed by atoms with Crippen molar-refractivity contribution in [3.63, 3.8) is 0 Å². The van der Waals surface area contributed by atoms with Crippen molar-refractivity contribution in [2.75, 3.05) is 13.7 Å². The summed E-state index contributed by atoms with van der Waals surface area (Å²) in [4.78, 5) is 12.1. The molecule has 4 nitrogen and oxygen atoms in total. The number of aromatic hydroxyl groups is 1. The van der Waals surface area contributed by atoms with E-state index in [9.17, 15) is 9.90 Å². The number of hydrogen-bond donors (Lipinski definition) is 2. The van der Waals surface area contributed by atoms with Crippen LogP contribution < -0.4 is 10.1 Å². The first kappa shape index (κ1) is 15.9. The minimum absolute atomic E-state index is 0.126. The van der Waals surface area contributed by atoms with Crippen LogP contribution in [0, 0.1) is 0 Å². The van der Waals surface area contributed by atoms with Gasteiger partial charge in [0.05, 0.1) is 12.7 Å². The lowest BCUT2D eigenvalue weighted by atomic mass is 9.98. The molecule has 0 aliphatic heterocycles. The lowest BCUT2D eigenvalue weighted by Gasteiger charge is -2.13. The van der Waals surface area contributed by atoms with E-state index in [1.165, 1.54) is 12.7 Å². The minimum Gasteiger partial charge on any atom is -0.504 e. The number of hydrogen-bond acceptors (Lipinski definition) is 3. The van der Waals surface area contributed by atoms with Crippen LogP contribution in [0.2, 0.25) is 0 Å². The standard InChI is InChI=1S/C18H21NO3/c1-13(14-7-4-3-5-8-14)11-12-19-18(21)15-9-6-10-16(22-2)17(15)20/h3-10,13,20H,11-12H2,1-2H3,(H,19,21). The molecule has 2 rings (SSSR count). The summed E-state index contributed by atoms with van der Waals surface area (Å²) in [5, 5.41) is 12.8. The molecule has 2 aromatic carbocycles. The fraction of sp³-hybridized carbons (Fsp3) is 0.278. The van der Waals surface area contributed by atoms with Crippen molar-refractivity contribution in [2.24, 2.45) is 0 Å². The van der Waals surface area contributed by atoms with E-state index < -0.39 is 0 Å². The number of phenols is 1. The number of carbonyl (C=O) groups is 1. The highest BCUT2D eigenvalue weighted by Gasteiger charge is 2.14. The summed E-state index contributed by atoms with van der Waals surface area (Å²) < 4.78 is 5.01. The SMILES string of the molecule is COc1cccc(C(=O)NCCC(C)c2ccccc2)c1O. The van der Waals surface area contributed by atoms with Crippen molar-refractivity contribution < 1.29 is 14.6 Å². The molecule has 4 heteroatoms. The normalized spacial score (nSPS) is 11.7. The zero-order valence-electron chi connectivity index (χ0n) is 12.9. The molecule has 0 spiro atoms. The van der Waals surface area contributed by atoms with E-state index in [1.807, 2.05) is 18.2 Å². The Kier molecular flexibility index (Phi) is 5.42. The Labute approximate surface area is 130 Å². The first-order valence-electron chi connectivity index (χ1n) is 7.32. The molecule has 0 aliphatic rings. The summed E-state index contributed by atoms with van der Waals surface area (Å²) in [6, 6.07) is 15.1. The quantitative estimate of drug-likeness (QED) is 0.860. The molecule has 0 aromatic heterocycles. The minimum atomic E-state index is -0.295. The number of carbonyl (C=O) groups excluding carboxylic acids is 1. The van der Waals surface area contributed by atoms with Gasteiger partial charge in [-0.25, -0.2) is 0 Å². The number of para-hydroxylation sites is 1. The van der Waals surface area contributed by atoms with Gasteiger partial charge in [0, 0.05) is 6.54 Å². The molecule has 0 saturated heterocycles. The van der Waals surface area contributed by atoms with Gasteiger partial charge >= 0.3 is 0 Å². The van der Waals surface area contributed by atoms with Crippen molar-refractivity contribution in [1.29, 1.82) is 0 Å². The summed E-state index contributed by atoms with van der Waals surface area (Å²) in [7, 11) is 1.46. The maximum absolute atomic E-state index is 12.1. The Hall–Kier alpha value is -2.49. The number of amides is 1. The average Bonchev–Trinajstić information content (AvgIpc) is 2.55. The zero-order valence-corrected chi connectivity index (χ0v) is 12.9. The monoisotopic (exact) mass is 299 g/mol. The van der Waals surface area contributed by atoms with Crippen molar-refractivity contribution in [1.82, 2.24) is 5.32 Å². The molecule has 0 saturated carbocycles. The summed E-state index contributed by atoms with van der Waals surface area (Å²) >= 11 is 0. The molecule has 1 amide bonds. The first-order chi connectivity index (χ1) is 10.6. The van der Waals surface area contributed by atoms with Crippen molar-refractivity contribution in [3.05, 3.63) is 59.7 Å². The Morgan fingerprint density at radius 1 is 1.18 bits per heavy atom. The zero-order chi connectivity index (χ0) is 15.9. The van der Waals surface area contributed by atoms with E-state index >= 15 is 0 Å². The lowest BCUT2D eigenvalue weighted by molar-refractivity contribution is 0.0949. The van der Waals surface area contributed by atoms with Crippen molar-refractivity contribution in [3.8, 4) is 11.5 Å². The highest BCUT2D eigenvalue weighted by molar-refractivity contribution is 5.97. The topological polar surface area (TPSA) is 58.6 Å². The molecule has 0 radical (unpaired) electrons. The number of ether oxygens (including phenoxy) is 1. The third kappa shape index (κ3) is 3.79. The summed E-state index contributed by atoms with van der Waals surface area (Å²) in [6.45, 7) is 2.68. The number of methoxy groups -OCH3 is 1. The van der Waals surface area contributed by atoms with Crippen LogP contribution in [-0.4, -0.2) is 24.7 Å². The highest BCUT2D eigenvalue weighted by Crippen LogP contribution is 2.29. The molecule has 22 heavy (non-hydrogen) atoms. The van der Waals surface area contributed by atoms with Crippen LogP contribution in [0.25, 0.3) is 0 Å².